The van der Waals surface area contributed by atoms with Gasteiger partial charge in [0.2, 0.25) is 0 Å². The van der Waals surface area contributed by atoms with E-state index >= 15 is 0 Å². The molecule has 0 saturated carbocycles. The van der Waals surface area contributed by atoms with Gasteiger partial charge in [-0.3, -0.25) is 4.79 Å². The Hall–Kier alpha value is -2.04. The highest BCUT2D eigenvalue weighted by molar-refractivity contribution is 5.98. The topological polar surface area (TPSA) is 68.1 Å². The lowest BCUT2D eigenvalue weighted by Crippen LogP contribution is -2.26. The summed E-state index contributed by atoms with van der Waals surface area (Å²) in [4.78, 5) is 11.5. The number of carbonyl (C=O) groups excluding carboxylic acids is 1. The molecule has 0 fully saturated rings. The zero-order chi connectivity index (χ0) is 16.5. The second-order valence-electron chi connectivity index (χ2n) is 4.80. The minimum absolute atomic E-state index is 0.125. The minimum Gasteiger partial charge on any atom is -0.490 e. The van der Waals surface area contributed by atoms with E-state index in [-0.39, 0.29) is 18.5 Å². The number of hydrogen-bond donors (Lipinski definition) is 1. The normalized spacial score (nSPS) is 16.7. The highest BCUT2D eigenvalue weighted by Crippen LogP contribution is 2.29. The van der Waals surface area contributed by atoms with Crippen LogP contribution in [0.3, 0.4) is 0 Å². The summed E-state index contributed by atoms with van der Waals surface area (Å²) in [5, 5.41) is 12.0. The molecule has 0 spiro atoms. The van der Waals surface area contributed by atoms with Gasteiger partial charge in [0.05, 0.1) is 18.7 Å². The van der Waals surface area contributed by atoms with Crippen molar-refractivity contribution in [3.05, 3.63) is 29.3 Å². The summed E-state index contributed by atoms with van der Waals surface area (Å²) in [6, 6.07) is 5.67. The van der Waals surface area contributed by atoms with Crippen LogP contribution < -0.4 is 4.74 Å². The number of fused-ring (bicyclic) bond motifs is 1. The molecule has 2 rings (SSSR count). The summed E-state index contributed by atoms with van der Waals surface area (Å²) in [5.41, 5.74) is 2.52. The van der Waals surface area contributed by atoms with E-state index in [9.17, 15) is 4.79 Å². The van der Waals surface area contributed by atoms with Gasteiger partial charge in [-0.25, -0.2) is 0 Å². The first-order valence-electron chi connectivity index (χ1n) is 7.78. The molecule has 0 aromatic heterocycles. The van der Waals surface area contributed by atoms with Gasteiger partial charge in [-0.1, -0.05) is 19.0 Å². The largest absolute Gasteiger partial charge is 0.490 e. The molecule has 5 heteroatoms. The predicted molar refractivity (Wildman–Crippen MR) is 85.8 cm³/mol. The van der Waals surface area contributed by atoms with Gasteiger partial charge >= 0.3 is 5.97 Å². The van der Waals surface area contributed by atoms with Crippen LogP contribution in [0, 0.1) is 0 Å². The van der Waals surface area contributed by atoms with Crippen LogP contribution >= 0.6 is 0 Å². The van der Waals surface area contributed by atoms with Gasteiger partial charge < -0.3 is 14.7 Å². The molecule has 0 unspecified atom stereocenters. The third kappa shape index (κ3) is 4.76. The number of aryl methyl sites for hydroxylation is 1. The average molecular weight is 307 g/mol. The van der Waals surface area contributed by atoms with Crippen molar-refractivity contribution in [3.8, 4) is 5.75 Å². The number of oxime groups is 1. The lowest BCUT2D eigenvalue weighted by atomic mass is 9.97. The van der Waals surface area contributed by atoms with Crippen molar-refractivity contribution in [2.45, 2.75) is 53.1 Å². The molecule has 1 aromatic carbocycles. The van der Waals surface area contributed by atoms with E-state index in [0.29, 0.717) is 12.3 Å². The number of esters is 1. The van der Waals surface area contributed by atoms with Crippen molar-refractivity contribution in [1.82, 2.24) is 0 Å². The van der Waals surface area contributed by atoms with Gasteiger partial charge in [0, 0.05) is 0 Å². The number of carbonyl (C=O) groups is 1. The highest BCUT2D eigenvalue weighted by atomic mass is 16.5. The maximum Gasteiger partial charge on any atom is 0.309 e. The van der Waals surface area contributed by atoms with Crippen molar-refractivity contribution < 1.29 is 19.5 Å². The Morgan fingerprint density at radius 2 is 2.18 bits per heavy atom. The van der Waals surface area contributed by atoms with Crippen molar-refractivity contribution >= 4 is 11.7 Å². The van der Waals surface area contributed by atoms with Crippen LogP contribution in [-0.4, -0.2) is 29.6 Å². The molecule has 1 aliphatic rings. The SMILES string of the molecule is CC.CCOC(=O)C[C@@H]1CCc2cc(/C(C)=N\O)ccc2O1. The molecule has 0 amide bonds. The number of hydrogen-bond acceptors (Lipinski definition) is 5. The summed E-state index contributed by atoms with van der Waals surface area (Å²) < 4.78 is 10.7. The smallest absolute Gasteiger partial charge is 0.309 e. The first kappa shape index (κ1) is 18.0. The van der Waals surface area contributed by atoms with E-state index in [1.807, 2.05) is 32.0 Å². The van der Waals surface area contributed by atoms with Gasteiger partial charge in [-0.2, -0.15) is 0 Å². The Kier molecular flexibility index (Phi) is 7.43. The minimum atomic E-state index is -0.221. The molecule has 1 aliphatic heterocycles. The van der Waals surface area contributed by atoms with Crippen molar-refractivity contribution in [3.63, 3.8) is 0 Å². The van der Waals surface area contributed by atoms with Crippen molar-refractivity contribution in [2.75, 3.05) is 6.61 Å². The zero-order valence-electron chi connectivity index (χ0n) is 13.8. The Morgan fingerprint density at radius 1 is 1.45 bits per heavy atom. The van der Waals surface area contributed by atoms with Crippen LogP contribution in [-0.2, 0) is 16.0 Å². The molecular weight excluding hydrogens is 282 g/mol. The number of nitrogens with zero attached hydrogens (tertiary/aromatic N) is 1. The van der Waals surface area contributed by atoms with Crippen LogP contribution in [0.1, 0.15) is 51.7 Å². The Labute approximate surface area is 131 Å². The molecule has 1 N–H and O–H groups in total. The van der Waals surface area contributed by atoms with Crippen LogP contribution in [0.5, 0.6) is 5.75 Å². The molecule has 122 valence electrons. The lowest BCUT2D eigenvalue weighted by molar-refractivity contribution is -0.145. The summed E-state index contributed by atoms with van der Waals surface area (Å²) in [6.07, 6.45) is 1.78. The maximum absolute atomic E-state index is 11.5. The zero-order valence-corrected chi connectivity index (χ0v) is 13.8. The Bertz CT molecular complexity index is 525. The standard InChI is InChI=1S/C15H19NO4.C2H6/c1-3-19-15(17)9-13-6-4-12-8-11(10(2)16-18)5-7-14(12)20-13;1-2/h5,7-8,13,18H,3-4,6,9H2,1-2H3;1-2H3/b16-10-;/t13-;/m0./s1. The molecule has 1 heterocycles. The second-order valence-corrected chi connectivity index (χ2v) is 4.80. The molecule has 1 aromatic rings. The maximum atomic E-state index is 11.5. The summed E-state index contributed by atoms with van der Waals surface area (Å²) in [6.45, 7) is 7.93. The highest BCUT2D eigenvalue weighted by Gasteiger charge is 2.23. The average Bonchev–Trinajstić information content (AvgIpc) is 2.55. The lowest BCUT2D eigenvalue weighted by Gasteiger charge is -2.25. The van der Waals surface area contributed by atoms with Gasteiger partial charge in [-0.05, 0) is 56.0 Å². The fourth-order valence-corrected chi connectivity index (χ4v) is 2.28. The van der Waals surface area contributed by atoms with E-state index in [1.54, 1.807) is 13.8 Å². The number of benzene rings is 1. The van der Waals surface area contributed by atoms with E-state index in [2.05, 4.69) is 5.16 Å². The van der Waals surface area contributed by atoms with Gasteiger partial charge in [0.25, 0.3) is 0 Å². The van der Waals surface area contributed by atoms with Crippen LogP contribution in [0.2, 0.25) is 0 Å². The predicted octanol–water partition coefficient (Wildman–Crippen LogP) is 3.56. The number of ether oxygens (including phenoxy) is 2. The molecule has 0 bridgehead atoms. The van der Waals surface area contributed by atoms with Crippen molar-refractivity contribution in [1.29, 1.82) is 0 Å². The van der Waals surface area contributed by atoms with Gasteiger partial charge in [-0.15, -0.1) is 0 Å². The molecule has 22 heavy (non-hydrogen) atoms. The van der Waals surface area contributed by atoms with Crippen LogP contribution in [0.25, 0.3) is 0 Å². The summed E-state index contributed by atoms with van der Waals surface area (Å²) >= 11 is 0. The van der Waals surface area contributed by atoms with Gasteiger partial charge in [0.1, 0.15) is 11.9 Å². The van der Waals surface area contributed by atoms with Crippen LogP contribution in [0.15, 0.2) is 23.4 Å². The number of rotatable bonds is 4. The first-order chi connectivity index (χ1) is 10.6. The molecular formula is C17H25NO4. The fraction of sp³-hybridized carbons (Fsp3) is 0.529. The quantitative estimate of drug-likeness (QED) is 0.400. The van der Waals surface area contributed by atoms with E-state index < -0.39 is 0 Å². The van der Waals surface area contributed by atoms with Crippen molar-refractivity contribution in [2.24, 2.45) is 5.16 Å². The molecule has 5 nitrogen and oxygen atoms in total. The monoisotopic (exact) mass is 307 g/mol. The summed E-state index contributed by atoms with van der Waals surface area (Å²) in [7, 11) is 0. The third-order valence-electron chi connectivity index (χ3n) is 3.36. The molecule has 1 atom stereocenters. The Morgan fingerprint density at radius 3 is 2.82 bits per heavy atom. The van der Waals surface area contributed by atoms with E-state index in [4.69, 9.17) is 14.7 Å². The van der Waals surface area contributed by atoms with E-state index in [1.165, 1.54) is 0 Å². The first-order valence-corrected chi connectivity index (χ1v) is 7.78. The van der Waals surface area contributed by atoms with Crippen LogP contribution in [0.4, 0.5) is 0 Å². The molecule has 0 radical (unpaired) electrons. The van der Waals surface area contributed by atoms with Gasteiger partial charge in [0.15, 0.2) is 0 Å². The third-order valence-corrected chi connectivity index (χ3v) is 3.36. The second kappa shape index (κ2) is 9.07. The molecule has 0 aliphatic carbocycles. The summed E-state index contributed by atoms with van der Waals surface area (Å²) in [5.74, 6) is 0.570. The fourth-order valence-electron chi connectivity index (χ4n) is 2.28. The van der Waals surface area contributed by atoms with E-state index in [0.717, 1.165) is 29.7 Å². The molecule has 0 saturated heterocycles. The Balaban J connectivity index is 0.00000116.